The highest BCUT2D eigenvalue weighted by molar-refractivity contribution is 8.00. The van der Waals surface area contributed by atoms with Gasteiger partial charge in [0.2, 0.25) is 5.91 Å². The predicted octanol–water partition coefficient (Wildman–Crippen LogP) is 3.13. The highest BCUT2D eigenvalue weighted by Crippen LogP contribution is 2.33. The van der Waals surface area contributed by atoms with Crippen molar-refractivity contribution in [1.82, 2.24) is 4.90 Å². The first-order chi connectivity index (χ1) is 14.0. The number of rotatable bonds is 7. The van der Waals surface area contributed by atoms with Crippen LogP contribution in [-0.2, 0) is 27.5 Å². The molecule has 2 amide bonds. The van der Waals surface area contributed by atoms with E-state index in [0.29, 0.717) is 24.5 Å². The highest BCUT2D eigenvalue weighted by atomic mass is 32.2. The Labute approximate surface area is 174 Å². The number of fused-ring (bicyclic) bond motifs is 1. The fourth-order valence-electron chi connectivity index (χ4n) is 2.88. The lowest BCUT2D eigenvalue weighted by atomic mass is 10.1. The first kappa shape index (κ1) is 21.2. The molecule has 7 nitrogen and oxygen atoms in total. The number of hydrogen-bond donors (Lipinski definition) is 1. The van der Waals surface area contributed by atoms with Crippen LogP contribution in [0.25, 0.3) is 0 Å². The SMILES string of the molecule is COCc1cc(NC(=O)c2ccccc2SCC(=O)N(C)C)cc2c1OCOC2. The molecule has 2 aromatic carbocycles. The Morgan fingerprint density at radius 2 is 2.03 bits per heavy atom. The van der Waals surface area contributed by atoms with Gasteiger partial charge in [-0.3, -0.25) is 9.59 Å². The van der Waals surface area contributed by atoms with Crippen molar-refractivity contribution in [2.75, 3.05) is 39.1 Å². The van der Waals surface area contributed by atoms with E-state index in [2.05, 4.69) is 5.32 Å². The van der Waals surface area contributed by atoms with E-state index in [4.69, 9.17) is 14.2 Å². The number of methoxy groups -OCH3 is 1. The van der Waals surface area contributed by atoms with Gasteiger partial charge in [-0.2, -0.15) is 0 Å². The van der Waals surface area contributed by atoms with E-state index in [1.807, 2.05) is 24.3 Å². The van der Waals surface area contributed by atoms with E-state index in [1.54, 1.807) is 33.3 Å². The number of ether oxygens (including phenoxy) is 3. The molecule has 0 saturated heterocycles. The third kappa shape index (κ3) is 5.29. The normalized spacial score (nSPS) is 12.7. The molecule has 1 aliphatic heterocycles. The fraction of sp³-hybridized carbons (Fsp3) is 0.333. The first-order valence-electron chi connectivity index (χ1n) is 9.08. The lowest BCUT2D eigenvalue weighted by Gasteiger charge is -2.22. The van der Waals surface area contributed by atoms with Crippen molar-refractivity contribution >= 4 is 29.3 Å². The van der Waals surface area contributed by atoms with Gasteiger partial charge in [0.1, 0.15) is 5.75 Å². The van der Waals surface area contributed by atoms with Gasteiger partial charge >= 0.3 is 0 Å². The molecule has 154 valence electrons. The Hall–Kier alpha value is -2.55. The molecule has 0 fully saturated rings. The number of carbonyl (C=O) groups is 2. The second-order valence-corrected chi connectivity index (χ2v) is 7.71. The quantitative estimate of drug-likeness (QED) is 0.699. The molecule has 0 aromatic heterocycles. The zero-order valence-electron chi connectivity index (χ0n) is 16.7. The zero-order valence-corrected chi connectivity index (χ0v) is 17.5. The summed E-state index contributed by atoms with van der Waals surface area (Å²) in [7, 11) is 5.03. The molecule has 8 heteroatoms. The Balaban J connectivity index is 1.80. The molecule has 1 heterocycles. The number of carbonyl (C=O) groups excluding carboxylic acids is 2. The van der Waals surface area contributed by atoms with Gasteiger partial charge in [0, 0.05) is 42.9 Å². The van der Waals surface area contributed by atoms with Crippen molar-refractivity contribution in [3.63, 3.8) is 0 Å². The molecule has 0 saturated carbocycles. The summed E-state index contributed by atoms with van der Waals surface area (Å²) in [5, 5.41) is 2.94. The predicted molar refractivity (Wildman–Crippen MR) is 111 cm³/mol. The van der Waals surface area contributed by atoms with Crippen LogP contribution < -0.4 is 10.1 Å². The minimum atomic E-state index is -0.244. The summed E-state index contributed by atoms with van der Waals surface area (Å²) < 4.78 is 16.2. The average Bonchev–Trinajstić information content (AvgIpc) is 2.72. The van der Waals surface area contributed by atoms with Gasteiger partial charge in [-0.05, 0) is 24.3 Å². The number of anilines is 1. The van der Waals surface area contributed by atoms with Crippen LogP contribution in [0.4, 0.5) is 5.69 Å². The average molecular weight is 416 g/mol. The molecular weight excluding hydrogens is 392 g/mol. The van der Waals surface area contributed by atoms with Crippen LogP contribution in [-0.4, -0.2) is 50.5 Å². The molecule has 2 aromatic rings. The minimum absolute atomic E-state index is 0.0101. The van der Waals surface area contributed by atoms with Crippen LogP contribution in [0.2, 0.25) is 0 Å². The van der Waals surface area contributed by atoms with Gasteiger partial charge in [-0.15, -0.1) is 11.8 Å². The summed E-state index contributed by atoms with van der Waals surface area (Å²) in [5.74, 6) is 0.757. The zero-order chi connectivity index (χ0) is 20.8. The van der Waals surface area contributed by atoms with Gasteiger partial charge in [-0.1, -0.05) is 12.1 Å². The topological polar surface area (TPSA) is 77.1 Å². The smallest absolute Gasteiger partial charge is 0.256 e. The first-order valence-corrected chi connectivity index (χ1v) is 10.1. The molecule has 29 heavy (non-hydrogen) atoms. The van der Waals surface area contributed by atoms with Gasteiger partial charge in [-0.25, -0.2) is 0 Å². The van der Waals surface area contributed by atoms with E-state index in [1.165, 1.54) is 16.7 Å². The van der Waals surface area contributed by atoms with E-state index in [9.17, 15) is 9.59 Å². The summed E-state index contributed by atoms with van der Waals surface area (Å²) in [6, 6.07) is 10.9. The van der Waals surface area contributed by atoms with Crippen LogP contribution in [0, 0.1) is 0 Å². The van der Waals surface area contributed by atoms with Crippen molar-refractivity contribution in [3.05, 3.63) is 53.1 Å². The minimum Gasteiger partial charge on any atom is -0.467 e. The molecule has 0 radical (unpaired) electrons. The maximum absolute atomic E-state index is 12.9. The number of benzene rings is 2. The molecule has 0 spiro atoms. The lowest BCUT2D eigenvalue weighted by molar-refractivity contribution is -0.125. The summed E-state index contributed by atoms with van der Waals surface area (Å²) in [6.07, 6.45) is 0. The molecule has 0 atom stereocenters. The third-order valence-electron chi connectivity index (χ3n) is 4.33. The standard InChI is InChI=1S/C21H24N2O5S/c1-23(2)19(24)12-29-18-7-5-4-6-17(18)21(25)22-16-8-14(10-26-3)20-15(9-16)11-27-13-28-20/h4-9H,10-13H2,1-3H3,(H,22,25). The van der Waals surface area contributed by atoms with E-state index >= 15 is 0 Å². The van der Waals surface area contributed by atoms with E-state index in [-0.39, 0.29) is 24.4 Å². The van der Waals surface area contributed by atoms with Crippen LogP contribution in [0.1, 0.15) is 21.5 Å². The van der Waals surface area contributed by atoms with Crippen LogP contribution in [0.5, 0.6) is 5.75 Å². The van der Waals surface area contributed by atoms with Crippen molar-refractivity contribution in [2.45, 2.75) is 18.1 Å². The fourth-order valence-corrected chi connectivity index (χ4v) is 3.91. The summed E-state index contributed by atoms with van der Waals surface area (Å²) in [6.45, 7) is 0.978. The number of thioether (sulfide) groups is 1. The molecule has 3 rings (SSSR count). The molecule has 0 bridgehead atoms. The number of nitrogens with one attached hydrogen (secondary N) is 1. The Morgan fingerprint density at radius 3 is 2.79 bits per heavy atom. The molecule has 1 N–H and O–H groups in total. The van der Waals surface area contributed by atoms with Crippen LogP contribution in [0.15, 0.2) is 41.3 Å². The maximum Gasteiger partial charge on any atom is 0.256 e. The molecular formula is C21H24N2O5S. The number of hydrogen-bond acceptors (Lipinski definition) is 6. The largest absolute Gasteiger partial charge is 0.467 e. The summed E-state index contributed by atoms with van der Waals surface area (Å²) >= 11 is 1.34. The monoisotopic (exact) mass is 416 g/mol. The maximum atomic E-state index is 12.9. The Morgan fingerprint density at radius 1 is 1.24 bits per heavy atom. The van der Waals surface area contributed by atoms with Gasteiger partial charge in [0.25, 0.3) is 5.91 Å². The summed E-state index contributed by atoms with van der Waals surface area (Å²) in [5.41, 5.74) is 2.87. The lowest BCUT2D eigenvalue weighted by Crippen LogP contribution is -2.23. The molecule has 0 aliphatic carbocycles. The van der Waals surface area contributed by atoms with Crippen molar-refractivity contribution in [1.29, 1.82) is 0 Å². The van der Waals surface area contributed by atoms with E-state index in [0.717, 1.165) is 21.8 Å². The summed E-state index contributed by atoms with van der Waals surface area (Å²) in [4.78, 5) is 27.1. The number of nitrogens with zero attached hydrogens (tertiary/aromatic N) is 1. The molecule has 0 unspecified atom stereocenters. The van der Waals surface area contributed by atoms with Crippen molar-refractivity contribution < 1.29 is 23.8 Å². The Bertz CT molecular complexity index is 901. The number of amides is 2. The van der Waals surface area contributed by atoms with Crippen molar-refractivity contribution in [3.8, 4) is 5.75 Å². The second-order valence-electron chi connectivity index (χ2n) is 6.69. The second kappa shape index (κ2) is 9.78. The molecule has 1 aliphatic rings. The van der Waals surface area contributed by atoms with Gasteiger partial charge in [0.15, 0.2) is 6.79 Å². The van der Waals surface area contributed by atoms with Crippen LogP contribution >= 0.6 is 11.8 Å². The van der Waals surface area contributed by atoms with Crippen LogP contribution in [0.3, 0.4) is 0 Å². The van der Waals surface area contributed by atoms with Gasteiger partial charge in [0.05, 0.1) is 24.5 Å². The van der Waals surface area contributed by atoms with Crippen molar-refractivity contribution in [2.24, 2.45) is 0 Å². The van der Waals surface area contributed by atoms with E-state index < -0.39 is 0 Å². The third-order valence-corrected chi connectivity index (χ3v) is 5.38. The highest BCUT2D eigenvalue weighted by Gasteiger charge is 2.19. The van der Waals surface area contributed by atoms with Gasteiger partial charge < -0.3 is 24.4 Å². The Kier molecular flexibility index (Phi) is 7.13.